The first-order valence-corrected chi connectivity index (χ1v) is 9.08. The van der Waals surface area contributed by atoms with Crippen molar-refractivity contribution in [3.8, 4) is 17.2 Å². The van der Waals surface area contributed by atoms with E-state index in [1.165, 1.54) is 0 Å². The minimum Gasteiger partial charge on any atom is -0.481 e. The largest absolute Gasteiger partial charge is 0.481 e. The predicted molar refractivity (Wildman–Crippen MR) is 108 cm³/mol. The Morgan fingerprint density at radius 1 is 0.926 bits per heavy atom. The van der Waals surface area contributed by atoms with Gasteiger partial charge in [-0.15, -0.1) is 0 Å². The van der Waals surface area contributed by atoms with Crippen LogP contribution in [0, 0.1) is 0 Å². The second kappa shape index (κ2) is 9.10. The van der Waals surface area contributed by atoms with E-state index in [4.69, 9.17) is 21.1 Å². The first-order valence-electron chi connectivity index (χ1n) is 8.70. The Morgan fingerprint density at radius 3 is 2.26 bits per heavy atom. The number of amides is 1. The van der Waals surface area contributed by atoms with Gasteiger partial charge in [-0.1, -0.05) is 42.8 Å². The standard InChI is InChI=1S/C22H20ClNO3/c1-2-21(27-20-10-6-7-16(23)15-20)22(25)24-17-11-13-19(14-12-17)26-18-8-4-3-5-9-18/h3-15,21H,2H2,1H3,(H,24,25)/t21-/m0/s1. The molecule has 1 atom stereocenters. The zero-order valence-corrected chi connectivity index (χ0v) is 15.6. The van der Waals surface area contributed by atoms with Crippen LogP contribution in [0.3, 0.4) is 0 Å². The molecule has 0 radical (unpaired) electrons. The van der Waals surface area contributed by atoms with Gasteiger partial charge in [0.15, 0.2) is 6.10 Å². The van der Waals surface area contributed by atoms with Crippen LogP contribution < -0.4 is 14.8 Å². The van der Waals surface area contributed by atoms with Crippen LogP contribution in [0.2, 0.25) is 5.02 Å². The van der Waals surface area contributed by atoms with Gasteiger partial charge >= 0.3 is 0 Å². The fourth-order valence-corrected chi connectivity index (χ4v) is 2.66. The lowest BCUT2D eigenvalue weighted by Gasteiger charge is -2.17. The summed E-state index contributed by atoms with van der Waals surface area (Å²) in [7, 11) is 0. The molecule has 0 heterocycles. The van der Waals surface area contributed by atoms with Gasteiger partial charge in [-0.3, -0.25) is 4.79 Å². The molecule has 0 saturated carbocycles. The first kappa shape index (κ1) is 18.8. The van der Waals surface area contributed by atoms with Gasteiger partial charge in [0.2, 0.25) is 0 Å². The summed E-state index contributed by atoms with van der Waals surface area (Å²) in [5.74, 6) is 1.81. The summed E-state index contributed by atoms with van der Waals surface area (Å²) < 4.78 is 11.5. The molecule has 3 aromatic rings. The molecule has 5 heteroatoms. The van der Waals surface area contributed by atoms with Gasteiger partial charge in [-0.05, 0) is 61.0 Å². The zero-order chi connectivity index (χ0) is 19.1. The number of halogens is 1. The van der Waals surface area contributed by atoms with Gasteiger partial charge in [-0.2, -0.15) is 0 Å². The SMILES string of the molecule is CC[C@H](Oc1cccc(Cl)c1)C(=O)Nc1ccc(Oc2ccccc2)cc1. The summed E-state index contributed by atoms with van der Waals surface area (Å²) in [6, 6.07) is 23.7. The smallest absolute Gasteiger partial charge is 0.265 e. The highest BCUT2D eigenvalue weighted by Gasteiger charge is 2.18. The zero-order valence-electron chi connectivity index (χ0n) is 14.9. The van der Waals surface area contributed by atoms with Crippen molar-refractivity contribution >= 4 is 23.2 Å². The number of rotatable bonds is 7. The molecule has 0 aliphatic carbocycles. The number of carbonyl (C=O) groups is 1. The molecule has 0 unspecified atom stereocenters. The Balaban J connectivity index is 1.60. The summed E-state index contributed by atoms with van der Waals surface area (Å²) in [4.78, 5) is 12.5. The molecule has 0 bridgehead atoms. The molecule has 3 aromatic carbocycles. The molecular formula is C22H20ClNO3. The summed E-state index contributed by atoms with van der Waals surface area (Å²) in [6.45, 7) is 1.89. The lowest BCUT2D eigenvalue weighted by Crippen LogP contribution is -2.32. The van der Waals surface area contributed by atoms with E-state index in [1.807, 2.05) is 37.3 Å². The summed E-state index contributed by atoms with van der Waals surface area (Å²) in [5, 5.41) is 3.43. The van der Waals surface area contributed by atoms with Crippen molar-refractivity contribution in [2.45, 2.75) is 19.4 Å². The van der Waals surface area contributed by atoms with Crippen LogP contribution in [0.15, 0.2) is 78.9 Å². The third kappa shape index (κ3) is 5.50. The number of nitrogens with one attached hydrogen (secondary N) is 1. The number of para-hydroxylation sites is 1. The van der Waals surface area contributed by atoms with E-state index in [9.17, 15) is 4.79 Å². The highest BCUT2D eigenvalue weighted by Crippen LogP contribution is 2.23. The van der Waals surface area contributed by atoms with E-state index in [0.29, 0.717) is 28.6 Å². The minimum absolute atomic E-state index is 0.214. The van der Waals surface area contributed by atoms with Crippen LogP contribution in [-0.2, 0) is 4.79 Å². The van der Waals surface area contributed by atoms with E-state index < -0.39 is 6.10 Å². The monoisotopic (exact) mass is 381 g/mol. The molecule has 0 aliphatic heterocycles. The molecule has 0 saturated heterocycles. The van der Waals surface area contributed by atoms with Crippen molar-refractivity contribution in [1.29, 1.82) is 0 Å². The van der Waals surface area contributed by atoms with Crippen molar-refractivity contribution in [3.63, 3.8) is 0 Å². The minimum atomic E-state index is -0.608. The van der Waals surface area contributed by atoms with Gasteiger partial charge in [-0.25, -0.2) is 0 Å². The number of benzene rings is 3. The van der Waals surface area contributed by atoms with E-state index in [-0.39, 0.29) is 5.91 Å². The Labute approximate surface area is 163 Å². The molecule has 138 valence electrons. The lowest BCUT2D eigenvalue weighted by atomic mass is 10.2. The third-order valence-electron chi connectivity index (χ3n) is 3.84. The second-order valence-electron chi connectivity index (χ2n) is 5.90. The third-order valence-corrected chi connectivity index (χ3v) is 4.07. The number of ether oxygens (including phenoxy) is 2. The molecule has 0 spiro atoms. The molecule has 1 amide bonds. The van der Waals surface area contributed by atoms with Gasteiger partial charge in [0, 0.05) is 10.7 Å². The Hall–Kier alpha value is -2.98. The summed E-state index contributed by atoms with van der Waals surface area (Å²) >= 11 is 5.96. The van der Waals surface area contributed by atoms with Crippen LogP contribution in [0.25, 0.3) is 0 Å². The Kier molecular flexibility index (Phi) is 6.34. The summed E-state index contributed by atoms with van der Waals surface area (Å²) in [5.41, 5.74) is 0.675. The molecule has 4 nitrogen and oxygen atoms in total. The van der Waals surface area contributed by atoms with Crippen LogP contribution in [0.4, 0.5) is 5.69 Å². The Bertz CT molecular complexity index is 882. The van der Waals surface area contributed by atoms with Crippen LogP contribution in [0.5, 0.6) is 17.2 Å². The lowest BCUT2D eigenvalue weighted by molar-refractivity contribution is -0.122. The molecule has 1 N–H and O–H groups in total. The van der Waals surface area contributed by atoms with Crippen molar-refractivity contribution in [1.82, 2.24) is 0 Å². The average molecular weight is 382 g/mol. The maximum Gasteiger partial charge on any atom is 0.265 e. The number of carbonyl (C=O) groups excluding carboxylic acids is 1. The fourth-order valence-electron chi connectivity index (χ4n) is 2.48. The fraction of sp³-hybridized carbons (Fsp3) is 0.136. The van der Waals surface area contributed by atoms with E-state index in [1.54, 1.807) is 48.5 Å². The molecular weight excluding hydrogens is 362 g/mol. The number of hydrogen-bond donors (Lipinski definition) is 1. The quantitative estimate of drug-likeness (QED) is 0.551. The summed E-state index contributed by atoms with van der Waals surface area (Å²) in [6.07, 6.45) is -0.0724. The van der Waals surface area contributed by atoms with Crippen molar-refractivity contribution in [2.24, 2.45) is 0 Å². The topological polar surface area (TPSA) is 47.6 Å². The number of anilines is 1. The van der Waals surface area contributed by atoms with Crippen molar-refractivity contribution in [2.75, 3.05) is 5.32 Å². The molecule has 0 fully saturated rings. The molecule has 0 aliphatic rings. The molecule has 3 rings (SSSR count). The van der Waals surface area contributed by atoms with Gasteiger partial charge in [0.1, 0.15) is 17.2 Å². The number of hydrogen-bond acceptors (Lipinski definition) is 3. The normalized spacial score (nSPS) is 11.5. The molecule has 0 aromatic heterocycles. The average Bonchev–Trinajstić information content (AvgIpc) is 2.68. The highest BCUT2D eigenvalue weighted by atomic mass is 35.5. The van der Waals surface area contributed by atoms with E-state index in [0.717, 1.165) is 5.75 Å². The van der Waals surface area contributed by atoms with Gasteiger partial charge < -0.3 is 14.8 Å². The van der Waals surface area contributed by atoms with Crippen LogP contribution in [-0.4, -0.2) is 12.0 Å². The maximum atomic E-state index is 12.5. The predicted octanol–water partition coefficient (Wildman–Crippen LogP) is 5.93. The van der Waals surface area contributed by atoms with Crippen molar-refractivity contribution in [3.05, 3.63) is 83.9 Å². The highest BCUT2D eigenvalue weighted by molar-refractivity contribution is 6.30. The molecule has 27 heavy (non-hydrogen) atoms. The van der Waals surface area contributed by atoms with E-state index >= 15 is 0 Å². The Morgan fingerprint density at radius 2 is 1.59 bits per heavy atom. The first-order chi connectivity index (χ1) is 13.1. The second-order valence-corrected chi connectivity index (χ2v) is 6.34. The van der Waals surface area contributed by atoms with Crippen LogP contribution in [0.1, 0.15) is 13.3 Å². The van der Waals surface area contributed by atoms with Gasteiger partial charge in [0.05, 0.1) is 0 Å². The van der Waals surface area contributed by atoms with Crippen LogP contribution >= 0.6 is 11.6 Å². The van der Waals surface area contributed by atoms with Gasteiger partial charge in [0.25, 0.3) is 5.91 Å². The van der Waals surface area contributed by atoms with E-state index in [2.05, 4.69) is 5.32 Å². The maximum absolute atomic E-state index is 12.5. The van der Waals surface area contributed by atoms with Crippen molar-refractivity contribution < 1.29 is 14.3 Å².